The summed E-state index contributed by atoms with van der Waals surface area (Å²) in [7, 11) is 0. The Morgan fingerprint density at radius 3 is 1.81 bits per heavy atom. The van der Waals surface area contributed by atoms with E-state index >= 15 is 0 Å². The summed E-state index contributed by atoms with van der Waals surface area (Å²) in [6.45, 7) is 5.71. The minimum Gasteiger partial charge on any atom is -0.375 e. The van der Waals surface area contributed by atoms with Gasteiger partial charge in [0.2, 0.25) is 0 Å². The third kappa shape index (κ3) is 5.84. The van der Waals surface area contributed by atoms with Crippen LogP contribution < -0.4 is 0 Å². The van der Waals surface area contributed by atoms with Crippen LogP contribution in [0.25, 0.3) is 0 Å². The highest BCUT2D eigenvalue weighted by molar-refractivity contribution is 5.21. The van der Waals surface area contributed by atoms with Gasteiger partial charge in [-0.05, 0) is 35.4 Å². The van der Waals surface area contributed by atoms with Gasteiger partial charge in [-0.2, -0.15) is 0 Å². The average Bonchev–Trinajstić information content (AvgIpc) is 3.53. The molecule has 2 nitrogen and oxygen atoms in total. The van der Waals surface area contributed by atoms with Crippen molar-refractivity contribution in [2.24, 2.45) is 5.92 Å². The maximum Gasteiger partial charge on any atom is 0.0717 e. The van der Waals surface area contributed by atoms with E-state index in [1.54, 1.807) is 0 Å². The van der Waals surface area contributed by atoms with Crippen LogP contribution in [0.5, 0.6) is 0 Å². The molecule has 2 atom stereocenters. The maximum absolute atomic E-state index is 6.37. The van der Waals surface area contributed by atoms with Gasteiger partial charge in [-0.15, -0.1) is 0 Å². The van der Waals surface area contributed by atoms with Crippen LogP contribution in [0.2, 0.25) is 0 Å². The SMILES string of the molecule is CCCCC1CC1(COCc1ccccc1)N(Cc1ccccc1)Cc1ccccc1. The lowest BCUT2D eigenvalue weighted by Crippen LogP contribution is -2.42. The molecule has 0 amide bonds. The Labute approximate surface area is 187 Å². The molecule has 0 radical (unpaired) electrons. The van der Waals surface area contributed by atoms with Crippen molar-refractivity contribution in [2.45, 2.75) is 57.8 Å². The van der Waals surface area contributed by atoms with Crippen molar-refractivity contribution in [1.82, 2.24) is 4.90 Å². The van der Waals surface area contributed by atoms with Crippen LogP contribution in [0.15, 0.2) is 91.0 Å². The molecule has 1 aliphatic rings. The Balaban J connectivity index is 1.53. The molecular weight excluding hydrogens is 378 g/mol. The third-order valence-electron chi connectivity index (χ3n) is 6.63. The third-order valence-corrected chi connectivity index (χ3v) is 6.63. The number of nitrogens with zero attached hydrogens (tertiary/aromatic N) is 1. The van der Waals surface area contributed by atoms with E-state index in [0.717, 1.165) is 25.6 Å². The predicted molar refractivity (Wildman–Crippen MR) is 129 cm³/mol. The fourth-order valence-electron chi connectivity index (χ4n) is 4.74. The molecular formula is C29H35NO. The van der Waals surface area contributed by atoms with Crippen LogP contribution in [0.3, 0.4) is 0 Å². The summed E-state index contributed by atoms with van der Waals surface area (Å²) in [4.78, 5) is 2.70. The van der Waals surface area contributed by atoms with Crippen LogP contribution in [-0.4, -0.2) is 17.0 Å². The highest BCUT2D eigenvalue weighted by Crippen LogP contribution is 2.52. The lowest BCUT2D eigenvalue weighted by Gasteiger charge is -2.34. The zero-order chi connectivity index (χ0) is 21.4. The smallest absolute Gasteiger partial charge is 0.0717 e. The second kappa shape index (κ2) is 10.7. The number of unbranched alkanes of at least 4 members (excludes halogenated alkanes) is 1. The van der Waals surface area contributed by atoms with E-state index in [-0.39, 0.29) is 5.54 Å². The van der Waals surface area contributed by atoms with Gasteiger partial charge in [0.1, 0.15) is 0 Å². The Kier molecular flexibility index (Phi) is 7.56. The van der Waals surface area contributed by atoms with E-state index < -0.39 is 0 Å². The molecule has 0 bridgehead atoms. The van der Waals surface area contributed by atoms with E-state index in [1.807, 2.05) is 0 Å². The summed E-state index contributed by atoms with van der Waals surface area (Å²) in [5, 5.41) is 0. The second-order valence-electron chi connectivity index (χ2n) is 8.95. The summed E-state index contributed by atoms with van der Waals surface area (Å²) in [6.07, 6.45) is 5.09. The molecule has 0 aromatic heterocycles. The van der Waals surface area contributed by atoms with Crippen molar-refractivity contribution in [3.63, 3.8) is 0 Å². The molecule has 0 N–H and O–H groups in total. The second-order valence-corrected chi connectivity index (χ2v) is 8.95. The van der Waals surface area contributed by atoms with Gasteiger partial charge in [0.15, 0.2) is 0 Å². The van der Waals surface area contributed by atoms with Gasteiger partial charge < -0.3 is 4.74 Å². The van der Waals surface area contributed by atoms with Crippen molar-refractivity contribution in [1.29, 1.82) is 0 Å². The van der Waals surface area contributed by atoms with Gasteiger partial charge in [0.25, 0.3) is 0 Å². The first-order valence-electron chi connectivity index (χ1n) is 11.7. The van der Waals surface area contributed by atoms with E-state index in [9.17, 15) is 0 Å². The first-order chi connectivity index (χ1) is 15.3. The summed E-state index contributed by atoms with van der Waals surface area (Å²) in [5.41, 5.74) is 4.14. The minimum atomic E-state index is 0.135. The van der Waals surface area contributed by atoms with E-state index in [1.165, 1.54) is 42.4 Å². The first kappa shape index (κ1) is 21.8. The number of rotatable bonds is 12. The fourth-order valence-corrected chi connectivity index (χ4v) is 4.74. The first-order valence-corrected chi connectivity index (χ1v) is 11.7. The number of hydrogen-bond acceptors (Lipinski definition) is 2. The molecule has 0 aliphatic heterocycles. The molecule has 1 fully saturated rings. The Bertz CT molecular complexity index is 854. The predicted octanol–water partition coefficient (Wildman–Crippen LogP) is 6.85. The zero-order valence-corrected chi connectivity index (χ0v) is 18.7. The number of ether oxygens (including phenoxy) is 1. The van der Waals surface area contributed by atoms with Gasteiger partial charge in [-0.3, -0.25) is 4.90 Å². The molecule has 2 unspecified atom stereocenters. The Morgan fingerprint density at radius 1 is 0.774 bits per heavy atom. The molecule has 31 heavy (non-hydrogen) atoms. The van der Waals surface area contributed by atoms with Gasteiger partial charge >= 0.3 is 0 Å². The van der Waals surface area contributed by atoms with Gasteiger partial charge in [-0.25, -0.2) is 0 Å². The van der Waals surface area contributed by atoms with Crippen LogP contribution in [0.4, 0.5) is 0 Å². The highest BCUT2D eigenvalue weighted by atomic mass is 16.5. The summed E-state index contributed by atoms with van der Waals surface area (Å²) in [6, 6.07) is 32.3. The molecule has 1 saturated carbocycles. The van der Waals surface area contributed by atoms with Crippen molar-refractivity contribution in [3.05, 3.63) is 108 Å². The van der Waals surface area contributed by atoms with Crippen molar-refractivity contribution >= 4 is 0 Å². The topological polar surface area (TPSA) is 12.5 Å². The lowest BCUT2D eigenvalue weighted by molar-refractivity contribution is 0.0208. The number of hydrogen-bond donors (Lipinski definition) is 0. The minimum absolute atomic E-state index is 0.135. The van der Waals surface area contributed by atoms with Crippen LogP contribution in [0, 0.1) is 5.92 Å². The fraction of sp³-hybridized carbons (Fsp3) is 0.379. The summed E-state index contributed by atoms with van der Waals surface area (Å²) in [5.74, 6) is 0.718. The molecule has 0 spiro atoms. The quantitative estimate of drug-likeness (QED) is 0.322. The molecule has 4 rings (SSSR count). The maximum atomic E-state index is 6.37. The lowest BCUT2D eigenvalue weighted by atomic mass is 10.0. The molecule has 0 heterocycles. The Hall–Kier alpha value is -2.42. The van der Waals surface area contributed by atoms with Gasteiger partial charge in [0, 0.05) is 18.6 Å². The van der Waals surface area contributed by atoms with Crippen molar-refractivity contribution in [3.8, 4) is 0 Å². The molecule has 0 saturated heterocycles. The zero-order valence-electron chi connectivity index (χ0n) is 18.7. The van der Waals surface area contributed by atoms with E-state index in [2.05, 4.69) is 103 Å². The molecule has 2 heteroatoms. The van der Waals surface area contributed by atoms with Crippen molar-refractivity contribution < 1.29 is 4.74 Å². The van der Waals surface area contributed by atoms with Crippen molar-refractivity contribution in [2.75, 3.05) is 6.61 Å². The normalized spacial score (nSPS) is 20.1. The average molecular weight is 414 g/mol. The molecule has 3 aromatic carbocycles. The van der Waals surface area contributed by atoms with Crippen LogP contribution in [-0.2, 0) is 24.4 Å². The summed E-state index contributed by atoms with van der Waals surface area (Å²) >= 11 is 0. The molecule has 3 aromatic rings. The molecule has 1 aliphatic carbocycles. The monoisotopic (exact) mass is 413 g/mol. The highest BCUT2D eigenvalue weighted by Gasteiger charge is 2.57. The Morgan fingerprint density at radius 2 is 1.29 bits per heavy atom. The van der Waals surface area contributed by atoms with Crippen LogP contribution in [0.1, 0.15) is 49.3 Å². The largest absolute Gasteiger partial charge is 0.375 e. The summed E-state index contributed by atoms with van der Waals surface area (Å²) < 4.78 is 6.37. The van der Waals surface area contributed by atoms with E-state index in [4.69, 9.17) is 4.74 Å². The standard InChI is InChI=1S/C29H35NO/c1-2-3-19-28-20-29(28,24-31-23-27-17-11-6-12-18-27)30(21-25-13-7-4-8-14-25)22-26-15-9-5-10-16-26/h4-18,28H,2-3,19-24H2,1H3. The number of benzene rings is 3. The van der Waals surface area contributed by atoms with Crippen LogP contribution >= 0.6 is 0 Å². The van der Waals surface area contributed by atoms with E-state index in [0.29, 0.717) is 6.61 Å². The van der Waals surface area contributed by atoms with Gasteiger partial charge in [-0.1, -0.05) is 111 Å². The molecule has 162 valence electrons. The van der Waals surface area contributed by atoms with Gasteiger partial charge in [0.05, 0.1) is 13.2 Å².